The van der Waals surface area contributed by atoms with Crippen molar-refractivity contribution in [3.63, 3.8) is 0 Å². The minimum atomic E-state index is 0.644. The molecule has 0 fully saturated rings. The van der Waals surface area contributed by atoms with Gasteiger partial charge in [0.25, 0.3) is 0 Å². The van der Waals surface area contributed by atoms with E-state index >= 15 is 0 Å². The minimum absolute atomic E-state index is 0.644. The molecule has 0 saturated heterocycles. The number of halogens is 1. The fourth-order valence-electron chi connectivity index (χ4n) is 1.12. The van der Waals surface area contributed by atoms with Crippen LogP contribution in [0.2, 0.25) is 0 Å². The summed E-state index contributed by atoms with van der Waals surface area (Å²) in [6, 6.07) is 7.98. The highest BCUT2D eigenvalue weighted by molar-refractivity contribution is 9.10. The average Bonchev–Trinajstić information content (AvgIpc) is 2.21. The van der Waals surface area contributed by atoms with Crippen LogP contribution in [0.4, 0.5) is 0 Å². The summed E-state index contributed by atoms with van der Waals surface area (Å²) in [5.74, 6) is 0. The van der Waals surface area contributed by atoms with Crippen molar-refractivity contribution in [2.45, 2.75) is 0 Å². The van der Waals surface area contributed by atoms with E-state index in [4.69, 9.17) is 12.2 Å². The summed E-state index contributed by atoms with van der Waals surface area (Å²) in [5, 5.41) is 0. The predicted octanol–water partition coefficient (Wildman–Crippen LogP) is 3.57. The number of H-pyrrole nitrogens is 1. The Morgan fingerprint density at radius 1 is 1.21 bits per heavy atom. The lowest BCUT2D eigenvalue weighted by Crippen LogP contribution is -1.84. The molecule has 0 bridgehead atoms. The van der Waals surface area contributed by atoms with Crippen LogP contribution >= 0.6 is 28.1 Å². The first-order chi connectivity index (χ1) is 6.75. The van der Waals surface area contributed by atoms with Gasteiger partial charge in [-0.05, 0) is 12.1 Å². The van der Waals surface area contributed by atoms with E-state index in [9.17, 15) is 0 Å². The molecule has 1 N–H and O–H groups in total. The summed E-state index contributed by atoms with van der Waals surface area (Å²) in [6.07, 6.45) is 3.46. The van der Waals surface area contributed by atoms with Crippen LogP contribution in [0.25, 0.3) is 11.3 Å². The van der Waals surface area contributed by atoms with Gasteiger partial charge >= 0.3 is 0 Å². The Hall–Kier alpha value is -1.00. The fraction of sp³-hybridized carbons (Fsp3) is 0. The van der Waals surface area contributed by atoms with Crippen LogP contribution in [-0.2, 0) is 0 Å². The van der Waals surface area contributed by atoms with E-state index in [2.05, 4.69) is 25.9 Å². The second kappa shape index (κ2) is 4.02. The van der Waals surface area contributed by atoms with Crippen LogP contribution in [0, 0.1) is 4.64 Å². The van der Waals surface area contributed by atoms with E-state index in [0.29, 0.717) is 4.64 Å². The summed E-state index contributed by atoms with van der Waals surface area (Å²) < 4.78 is 1.70. The van der Waals surface area contributed by atoms with Crippen molar-refractivity contribution in [2.75, 3.05) is 0 Å². The van der Waals surface area contributed by atoms with Gasteiger partial charge in [0.1, 0.15) is 4.64 Å². The van der Waals surface area contributed by atoms with Crippen molar-refractivity contribution in [3.05, 3.63) is 45.8 Å². The second-order valence-corrected chi connectivity index (χ2v) is 4.16. The number of nitrogens with zero attached hydrogens (tertiary/aromatic N) is 1. The maximum atomic E-state index is 4.92. The molecule has 0 radical (unpaired) electrons. The van der Waals surface area contributed by atoms with E-state index in [1.807, 2.05) is 30.5 Å². The quantitative estimate of drug-likeness (QED) is 0.800. The van der Waals surface area contributed by atoms with Gasteiger partial charge in [-0.3, -0.25) is 4.98 Å². The lowest BCUT2D eigenvalue weighted by molar-refractivity contribution is 1.18. The molecule has 14 heavy (non-hydrogen) atoms. The van der Waals surface area contributed by atoms with E-state index in [0.717, 1.165) is 15.7 Å². The normalized spacial score (nSPS) is 10.1. The molecule has 1 heterocycles. The van der Waals surface area contributed by atoms with Crippen LogP contribution < -0.4 is 0 Å². The Morgan fingerprint density at radius 3 is 2.50 bits per heavy atom. The van der Waals surface area contributed by atoms with Gasteiger partial charge < -0.3 is 4.98 Å². The van der Waals surface area contributed by atoms with Crippen LogP contribution in [-0.4, -0.2) is 9.97 Å². The highest BCUT2D eigenvalue weighted by Gasteiger charge is 1.97. The zero-order valence-corrected chi connectivity index (χ0v) is 9.60. The summed E-state index contributed by atoms with van der Waals surface area (Å²) in [5.41, 5.74) is 1.96. The third-order valence-electron chi connectivity index (χ3n) is 1.81. The summed E-state index contributed by atoms with van der Waals surface area (Å²) in [6.45, 7) is 0. The van der Waals surface area contributed by atoms with Gasteiger partial charge in [0, 0.05) is 16.2 Å². The number of benzene rings is 1. The molecule has 0 aliphatic heterocycles. The smallest absolute Gasteiger partial charge is 0.121 e. The predicted molar refractivity (Wildman–Crippen MR) is 62.6 cm³/mol. The molecule has 0 unspecified atom stereocenters. The third-order valence-corrected chi connectivity index (χ3v) is 2.56. The van der Waals surface area contributed by atoms with Gasteiger partial charge in [-0.15, -0.1) is 0 Å². The molecular formula is C10H7BrN2S. The average molecular weight is 267 g/mol. The van der Waals surface area contributed by atoms with E-state index < -0.39 is 0 Å². The Labute approximate surface area is 95.2 Å². The SMILES string of the molecule is S=c1cnc(-c2ccc(Br)cc2)c[nH]1. The maximum Gasteiger partial charge on any atom is 0.121 e. The van der Waals surface area contributed by atoms with Crippen molar-refractivity contribution in [1.29, 1.82) is 0 Å². The zero-order chi connectivity index (χ0) is 9.97. The van der Waals surface area contributed by atoms with Gasteiger partial charge in [0.05, 0.1) is 11.9 Å². The van der Waals surface area contributed by atoms with Gasteiger partial charge in [-0.1, -0.05) is 40.3 Å². The van der Waals surface area contributed by atoms with Crippen molar-refractivity contribution in [1.82, 2.24) is 9.97 Å². The minimum Gasteiger partial charge on any atom is -0.350 e. The Balaban J connectivity index is 2.44. The Morgan fingerprint density at radius 2 is 1.93 bits per heavy atom. The Kier molecular flexibility index (Phi) is 2.74. The summed E-state index contributed by atoms with van der Waals surface area (Å²) in [7, 11) is 0. The standard InChI is InChI=1S/C10H7BrN2S/c11-8-3-1-7(2-4-8)9-5-13-10(14)6-12-9/h1-6H,(H,13,14). The maximum absolute atomic E-state index is 4.92. The molecule has 1 aromatic heterocycles. The molecule has 0 amide bonds. The van der Waals surface area contributed by atoms with Crippen LogP contribution in [0.5, 0.6) is 0 Å². The fourth-order valence-corrected chi connectivity index (χ4v) is 1.50. The van der Waals surface area contributed by atoms with Crippen molar-refractivity contribution in [3.8, 4) is 11.3 Å². The first kappa shape index (κ1) is 9.55. The van der Waals surface area contributed by atoms with E-state index in [1.165, 1.54) is 0 Å². The number of nitrogens with one attached hydrogen (secondary N) is 1. The highest BCUT2D eigenvalue weighted by Crippen LogP contribution is 2.18. The number of hydrogen-bond acceptors (Lipinski definition) is 2. The van der Waals surface area contributed by atoms with Gasteiger partial charge in [-0.2, -0.15) is 0 Å². The van der Waals surface area contributed by atoms with Crippen molar-refractivity contribution < 1.29 is 0 Å². The molecule has 2 nitrogen and oxygen atoms in total. The van der Waals surface area contributed by atoms with Gasteiger partial charge in [0.15, 0.2) is 0 Å². The number of rotatable bonds is 1. The lowest BCUT2D eigenvalue weighted by Gasteiger charge is -1.99. The van der Waals surface area contributed by atoms with Crippen molar-refractivity contribution >= 4 is 28.1 Å². The highest BCUT2D eigenvalue weighted by atomic mass is 79.9. The molecule has 2 aromatic rings. The zero-order valence-electron chi connectivity index (χ0n) is 7.20. The molecule has 0 atom stereocenters. The number of aromatic amines is 1. The van der Waals surface area contributed by atoms with Crippen molar-refractivity contribution in [2.24, 2.45) is 0 Å². The first-order valence-corrected chi connectivity index (χ1v) is 5.26. The second-order valence-electron chi connectivity index (χ2n) is 2.80. The third kappa shape index (κ3) is 2.08. The van der Waals surface area contributed by atoms with E-state index in [-0.39, 0.29) is 0 Å². The van der Waals surface area contributed by atoms with Gasteiger partial charge in [0.2, 0.25) is 0 Å². The molecule has 0 aliphatic rings. The molecule has 0 spiro atoms. The largest absolute Gasteiger partial charge is 0.350 e. The molecular weight excluding hydrogens is 260 g/mol. The summed E-state index contributed by atoms with van der Waals surface area (Å²) >= 11 is 8.30. The molecule has 4 heteroatoms. The molecule has 70 valence electrons. The van der Waals surface area contributed by atoms with Gasteiger partial charge in [-0.25, -0.2) is 0 Å². The molecule has 0 aliphatic carbocycles. The molecule has 1 aromatic carbocycles. The number of hydrogen-bond donors (Lipinski definition) is 1. The summed E-state index contributed by atoms with van der Waals surface area (Å²) in [4.78, 5) is 7.18. The Bertz CT molecular complexity index is 470. The van der Waals surface area contributed by atoms with Crippen LogP contribution in [0.15, 0.2) is 41.1 Å². The monoisotopic (exact) mass is 266 g/mol. The molecule has 2 rings (SSSR count). The lowest BCUT2D eigenvalue weighted by atomic mass is 10.2. The molecule has 0 saturated carbocycles. The van der Waals surface area contributed by atoms with E-state index in [1.54, 1.807) is 6.20 Å². The van der Waals surface area contributed by atoms with Crippen LogP contribution in [0.3, 0.4) is 0 Å². The van der Waals surface area contributed by atoms with Crippen LogP contribution in [0.1, 0.15) is 0 Å². The first-order valence-electron chi connectivity index (χ1n) is 4.06. The number of aromatic nitrogens is 2. The topological polar surface area (TPSA) is 28.7 Å².